The van der Waals surface area contributed by atoms with Crippen molar-refractivity contribution in [2.45, 2.75) is 52.1 Å². The van der Waals surface area contributed by atoms with Crippen molar-refractivity contribution in [2.75, 3.05) is 6.54 Å². The zero-order chi connectivity index (χ0) is 13.6. The number of nitriles is 1. The van der Waals surface area contributed by atoms with Crippen LogP contribution in [0.3, 0.4) is 0 Å². The number of hydrogen-bond acceptors (Lipinski definition) is 3. The van der Waals surface area contributed by atoms with Crippen LogP contribution >= 0.6 is 11.6 Å². The van der Waals surface area contributed by atoms with Gasteiger partial charge in [0.2, 0.25) is 0 Å². The Morgan fingerprint density at radius 2 is 2.33 bits per heavy atom. The smallest absolute Gasteiger partial charge is 0.103 e. The van der Waals surface area contributed by atoms with Gasteiger partial charge in [-0.2, -0.15) is 10.4 Å². The zero-order valence-corrected chi connectivity index (χ0v) is 12.1. The van der Waals surface area contributed by atoms with E-state index in [1.807, 2.05) is 18.5 Å². The fourth-order valence-electron chi connectivity index (χ4n) is 1.82. The molecule has 0 aromatic carbocycles. The Kier molecular flexibility index (Phi) is 5.64. The maximum atomic E-state index is 9.21. The van der Waals surface area contributed by atoms with E-state index in [0.717, 1.165) is 38.0 Å². The highest BCUT2D eigenvalue weighted by molar-refractivity contribution is 6.31. The largest absolute Gasteiger partial charge is 0.300 e. The van der Waals surface area contributed by atoms with E-state index < -0.39 is 5.54 Å². The summed E-state index contributed by atoms with van der Waals surface area (Å²) in [5.74, 6) is 0. The van der Waals surface area contributed by atoms with E-state index >= 15 is 0 Å². The van der Waals surface area contributed by atoms with Gasteiger partial charge in [-0.05, 0) is 39.7 Å². The van der Waals surface area contributed by atoms with Crippen molar-refractivity contribution in [3.05, 3.63) is 16.9 Å². The predicted octanol–water partition coefficient (Wildman–Crippen LogP) is 2.91. The molecule has 1 heterocycles. The molecule has 1 aromatic rings. The monoisotopic (exact) mass is 268 g/mol. The minimum absolute atomic E-state index is 0.444. The van der Waals surface area contributed by atoms with Crippen LogP contribution in [0.15, 0.2) is 6.20 Å². The summed E-state index contributed by atoms with van der Waals surface area (Å²) in [6.45, 7) is 7.67. The van der Waals surface area contributed by atoms with Gasteiger partial charge in [0.05, 0.1) is 23.0 Å². The number of hydrogen-bond donors (Lipinski definition) is 1. The third-order valence-electron chi connectivity index (χ3n) is 3.10. The Balaban J connectivity index is 2.45. The van der Waals surface area contributed by atoms with Crippen molar-refractivity contribution in [1.29, 1.82) is 5.26 Å². The number of aromatic nitrogens is 2. The number of rotatable bonds is 7. The standard InChI is InChI=1S/C13H21ClN4/c1-4-7-16-13(3,10-15)6-5-8-18-11(2)12(14)9-17-18/h9,16H,4-8H2,1-3H3. The van der Waals surface area contributed by atoms with Crippen molar-refractivity contribution in [3.63, 3.8) is 0 Å². The molecule has 1 N–H and O–H groups in total. The fraction of sp³-hybridized carbons (Fsp3) is 0.692. The lowest BCUT2D eigenvalue weighted by molar-refractivity contribution is 0.388. The SMILES string of the molecule is CCCNC(C)(C#N)CCCn1ncc(Cl)c1C. The molecule has 1 aromatic heterocycles. The van der Waals surface area contributed by atoms with Crippen LogP contribution in [0.4, 0.5) is 0 Å². The third kappa shape index (κ3) is 4.01. The summed E-state index contributed by atoms with van der Waals surface area (Å²) in [7, 11) is 0. The van der Waals surface area contributed by atoms with Crippen molar-refractivity contribution in [2.24, 2.45) is 0 Å². The van der Waals surface area contributed by atoms with Crippen molar-refractivity contribution >= 4 is 11.6 Å². The Morgan fingerprint density at radius 3 is 2.83 bits per heavy atom. The summed E-state index contributed by atoms with van der Waals surface area (Å²) >= 11 is 5.95. The maximum Gasteiger partial charge on any atom is 0.103 e. The Hall–Kier alpha value is -1.05. The van der Waals surface area contributed by atoms with E-state index in [2.05, 4.69) is 23.4 Å². The molecule has 0 aliphatic carbocycles. The lowest BCUT2D eigenvalue weighted by Gasteiger charge is -2.23. The van der Waals surface area contributed by atoms with Crippen molar-refractivity contribution < 1.29 is 0 Å². The van der Waals surface area contributed by atoms with E-state index in [4.69, 9.17) is 11.6 Å². The zero-order valence-electron chi connectivity index (χ0n) is 11.3. The predicted molar refractivity (Wildman–Crippen MR) is 73.5 cm³/mol. The molecule has 1 unspecified atom stereocenters. The van der Waals surface area contributed by atoms with E-state index in [9.17, 15) is 5.26 Å². The van der Waals surface area contributed by atoms with Gasteiger partial charge in [0, 0.05) is 6.54 Å². The van der Waals surface area contributed by atoms with Gasteiger partial charge in [0.15, 0.2) is 0 Å². The quantitative estimate of drug-likeness (QED) is 0.827. The van der Waals surface area contributed by atoms with Gasteiger partial charge in [-0.25, -0.2) is 0 Å². The first kappa shape index (κ1) is 15.0. The third-order valence-corrected chi connectivity index (χ3v) is 3.47. The molecule has 0 fully saturated rings. The van der Waals surface area contributed by atoms with Gasteiger partial charge in [0.25, 0.3) is 0 Å². The summed E-state index contributed by atoms with van der Waals surface area (Å²) in [4.78, 5) is 0. The fourth-order valence-corrected chi connectivity index (χ4v) is 1.96. The van der Waals surface area contributed by atoms with Crippen LogP contribution in [0, 0.1) is 18.3 Å². The van der Waals surface area contributed by atoms with Crippen LogP contribution in [0.1, 0.15) is 38.8 Å². The molecule has 0 saturated carbocycles. The second-order valence-corrected chi connectivity index (χ2v) is 5.18. The molecule has 4 nitrogen and oxygen atoms in total. The molecule has 0 aliphatic heterocycles. The highest BCUT2D eigenvalue weighted by atomic mass is 35.5. The molecule has 5 heteroatoms. The summed E-state index contributed by atoms with van der Waals surface area (Å²) in [6.07, 6.45) is 4.40. The van der Waals surface area contributed by atoms with Gasteiger partial charge in [0.1, 0.15) is 5.54 Å². The molecule has 0 amide bonds. The first-order chi connectivity index (χ1) is 8.52. The van der Waals surface area contributed by atoms with Gasteiger partial charge in [-0.15, -0.1) is 0 Å². The van der Waals surface area contributed by atoms with Gasteiger partial charge < -0.3 is 0 Å². The molecule has 0 aliphatic rings. The first-order valence-corrected chi connectivity index (χ1v) is 6.74. The second-order valence-electron chi connectivity index (χ2n) is 4.78. The van der Waals surface area contributed by atoms with Gasteiger partial charge >= 0.3 is 0 Å². The van der Waals surface area contributed by atoms with Crippen LogP contribution in [-0.2, 0) is 6.54 Å². The van der Waals surface area contributed by atoms with Crippen LogP contribution in [0.2, 0.25) is 5.02 Å². The number of halogens is 1. The molecule has 0 spiro atoms. The summed E-state index contributed by atoms with van der Waals surface area (Å²) < 4.78 is 1.89. The summed E-state index contributed by atoms with van der Waals surface area (Å²) in [5.41, 5.74) is 0.540. The van der Waals surface area contributed by atoms with Crippen LogP contribution in [0.25, 0.3) is 0 Å². The van der Waals surface area contributed by atoms with E-state index in [-0.39, 0.29) is 0 Å². The van der Waals surface area contributed by atoms with Crippen molar-refractivity contribution in [1.82, 2.24) is 15.1 Å². The highest BCUT2D eigenvalue weighted by Crippen LogP contribution is 2.16. The number of nitrogens with zero attached hydrogens (tertiary/aromatic N) is 3. The number of nitrogens with one attached hydrogen (secondary N) is 1. The normalized spacial score (nSPS) is 14.2. The minimum Gasteiger partial charge on any atom is -0.300 e. The Bertz CT molecular complexity index is 421. The average molecular weight is 269 g/mol. The molecule has 1 rings (SSSR count). The van der Waals surface area contributed by atoms with Gasteiger partial charge in [-0.1, -0.05) is 18.5 Å². The Labute approximate surface area is 114 Å². The summed E-state index contributed by atoms with van der Waals surface area (Å²) in [6, 6.07) is 2.35. The van der Waals surface area contributed by atoms with E-state index in [0.29, 0.717) is 5.02 Å². The van der Waals surface area contributed by atoms with Crippen LogP contribution < -0.4 is 5.32 Å². The second kappa shape index (κ2) is 6.77. The van der Waals surface area contributed by atoms with Gasteiger partial charge in [-0.3, -0.25) is 10.00 Å². The molecular weight excluding hydrogens is 248 g/mol. The molecule has 18 heavy (non-hydrogen) atoms. The maximum absolute atomic E-state index is 9.21. The summed E-state index contributed by atoms with van der Waals surface area (Å²) in [5, 5.41) is 17.4. The van der Waals surface area contributed by atoms with E-state index in [1.54, 1.807) is 6.20 Å². The van der Waals surface area contributed by atoms with Crippen LogP contribution in [-0.4, -0.2) is 21.9 Å². The van der Waals surface area contributed by atoms with E-state index in [1.165, 1.54) is 0 Å². The van der Waals surface area contributed by atoms with Crippen LogP contribution in [0.5, 0.6) is 0 Å². The molecule has 1 atom stereocenters. The lowest BCUT2D eigenvalue weighted by Crippen LogP contribution is -2.41. The topological polar surface area (TPSA) is 53.6 Å². The first-order valence-electron chi connectivity index (χ1n) is 6.36. The van der Waals surface area contributed by atoms with Crippen molar-refractivity contribution in [3.8, 4) is 6.07 Å². The lowest BCUT2D eigenvalue weighted by atomic mass is 9.97. The average Bonchev–Trinajstić information content (AvgIpc) is 2.68. The molecule has 100 valence electrons. The molecular formula is C13H21ClN4. The molecule has 0 bridgehead atoms. The molecule has 0 radical (unpaired) electrons. The minimum atomic E-state index is -0.444. The Morgan fingerprint density at radius 1 is 1.61 bits per heavy atom. The molecule has 0 saturated heterocycles. The highest BCUT2D eigenvalue weighted by Gasteiger charge is 2.21. The number of aryl methyl sites for hydroxylation is 1.